The van der Waals surface area contributed by atoms with E-state index in [2.05, 4.69) is 29.8 Å². The molecule has 0 amide bonds. The Morgan fingerprint density at radius 3 is 3.06 bits per heavy atom. The molecular weight excluding hydrogens is 302 g/mol. The molecule has 2 aromatic heterocycles. The zero-order valence-corrected chi connectivity index (χ0v) is 13.2. The molecule has 1 aliphatic heterocycles. The molecule has 5 heteroatoms. The highest BCUT2D eigenvalue weighted by Gasteiger charge is 2.25. The fourth-order valence-corrected chi connectivity index (χ4v) is 5.82. The lowest BCUT2D eigenvalue weighted by Gasteiger charge is -2.27. The van der Waals surface area contributed by atoms with Gasteiger partial charge in [0.15, 0.2) is 0 Å². The Morgan fingerprint density at radius 2 is 2.28 bits per heavy atom. The number of hydrogen-bond donors (Lipinski definition) is 1. The fraction of sp³-hybridized carbons (Fsp3) is 0.385. The van der Waals surface area contributed by atoms with E-state index in [4.69, 9.17) is 11.6 Å². The van der Waals surface area contributed by atoms with Gasteiger partial charge < -0.3 is 5.32 Å². The van der Waals surface area contributed by atoms with Crippen molar-refractivity contribution in [3.8, 4) is 0 Å². The van der Waals surface area contributed by atoms with Crippen molar-refractivity contribution in [1.82, 2.24) is 5.32 Å². The van der Waals surface area contributed by atoms with Crippen molar-refractivity contribution < 1.29 is 0 Å². The Bertz CT molecular complexity index is 534. The van der Waals surface area contributed by atoms with E-state index in [9.17, 15) is 0 Å². The van der Waals surface area contributed by atoms with Crippen LogP contribution in [0.1, 0.15) is 29.8 Å². The van der Waals surface area contributed by atoms with Gasteiger partial charge in [-0.3, -0.25) is 0 Å². The lowest BCUT2D eigenvalue weighted by molar-refractivity contribution is 0.490. The molecule has 3 heterocycles. The summed E-state index contributed by atoms with van der Waals surface area (Å²) in [5.41, 5.74) is 1.48. The summed E-state index contributed by atoms with van der Waals surface area (Å²) >= 11 is 11.5. The SMILES string of the molecule is C[C@H]1CC(NCc2ccc(Cl)s2)c2ccsc2S1. The minimum absolute atomic E-state index is 0.489. The number of nitrogens with one attached hydrogen (secondary N) is 1. The molecule has 0 saturated heterocycles. The van der Waals surface area contributed by atoms with Crippen molar-refractivity contribution in [2.45, 2.75) is 35.4 Å². The van der Waals surface area contributed by atoms with Gasteiger partial charge in [-0.1, -0.05) is 18.5 Å². The highest BCUT2D eigenvalue weighted by Crippen LogP contribution is 2.43. The standard InChI is InChI=1S/C13H14ClNS3/c1-8-6-11(10-4-5-16-13(10)17-8)15-7-9-2-3-12(14)18-9/h2-5,8,11,15H,6-7H2,1H3/t8-,11?/m0/s1. The highest BCUT2D eigenvalue weighted by molar-refractivity contribution is 8.01. The lowest BCUT2D eigenvalue weighted by atomic mass is 10.0. The highest BCUT2D eigenvalue weighted by atomic mass is 35.5. The van der Waals surface area contributed by atoms with Crippen LogP contribution in [0.2, 0.25) is 4.34 Å². The van der Waals surface area contributed by atoms with Crippen molar-refractivity contribution in [1.29, 1.82) is 0 Å². The maximum atomic E-state index is 5.96. The first-order valence-electron chi connectivity index (χ1n) is 5.94. The molecule has 0 fully saturated rings. The Kier molecular flexibility index (Phi) is 4.01. The molecule has 0 radical (unpaired) electrons. The molecule has 18 heavy (non-hydrogen) atoms. The van der Waals surface area contributed by atoms with Gasteiger partial charge in [-0.2, -0.15) is 0 Å². The Morgan fingerprint density at radius 1 is 1.39 bits per heavy atom. The van der Waals surface area contributed by atoms with Crippen LogP contribution in [0.15, 0.2) is 27.8 Å². The van der Waals surface area contributed by atoms with E-state index in [1.165, 1.54) is 21.1 Å². The average Bonchev–Trinajstić information content (AvgIpc) is 2.94. The Labute approximate surface area is 125 Å². The first-order valence-corrected chi connectivity index (χ1v) is 8.89. The first-order chi connectivity index (χ1) is 8.72. The Hall–Kier alpha value is -0.000000000000000111. The average molecular weight is 316 g/mol. The van der Waals surface area contributed by atoms with E-state index < -0.39 is 0 Å². The fourth-order valence-electron chi connectivity index (χ4n) is 2.21. The van der Waals surface area contributed by atoms with Gasteiger partial charge in [0.05, 0.1) is 8.55 Å². The van der Waals surface area contributed by atoms with E-state index >= 15 is 0 Å². The third kappa shape index (κ3) is 2.78. The summed E-state index contributed by atoms with van der Waals surface area (Å²) in [4.78, 5) is 1.31. The van der Waals surface area contributed by atoms with Crippen LogP contribution < -0.4 is 5.32 Å². The van der Waals surface area contributed by atoms with Crippen molar-refractivity contribution in [3.05, 3.63) is 38.4 Å². The van der Waals surface area contributed by atoms with Gasteiger partial charge >= 0.3 is 0 Å². The molecule has 0 bridgehead atoms. The summed E-state index contributed by atoms with van der Waals surface area (Å²) in [6.45, 7) is 3.22. The molecule has 3 rings (SSSR count). The van der Waals surface area contributed by atoms with E-state index in [0.29, 0.717) is 11.3 Å². The maximum Gasteiger partial charge on any atom is 0.0931 e. The molecule has 1 aliphatic rings. The molecule has 2 aromatic rings. The van der Waals surface area contributed by atoms with Crippen molar-refractivity contribution >= 4 is 46.0 Å². The molecule has 0 saturated carbocycles. The zero-order chi connectivity index (χ0) is 12.5. The summed E-state index contributed by atoms with van der Waals surface area (Å²) in [7, 11) is 0. The van der Waals surface area contributed by atoms with E-state index in [1.807, 2.05) is 29.2 Å². The van der Waals surface area contributed by atoms with Gasteiger partial charge in [0.1, 0.15) is 0 Å². The van der Waals surface area contributed by atoms with Crippen LogP contribution in [-0.2, 0) is 6.54 Å². The predicted molar refractivity (Wildman–Crippen MR) is 83.2 cm³/mol. The molecule has 0 aromatic carbocycles. The third-order valence-corrected chi connectivity index (χ3v) is 6.64. The number of fused-ring (bicyclic) bond motifs is 1. The summed E-state index contributed by atoms with van der Waals surface area (Å²) in [5.74, 6) is 0. The summed E-state index contributed by atoms with van der Waals surface area (Å²) in [5, 5.41) is 6.56. The second kappa shape index (κ2) is 5.55. The molecular formula is C13H14ClNS3. The van der Waals surface area contributed by atoms with Crippen molar-refractivity contribution in [3.63, 3.8) is 0 Å². The van der Waals surface area contributed by atoms with Crippen LogP contribution >= 0.6 is 46.0 Å². The summed E-state index contributed by atoms with van der Waals surface area (Å²) < 4.78 is 2.35. The molecule has 0 spiro atoms. The largest absolute Gasteiger partial charge is 0.305 e. The van der Waals surface area contributed by atoms with Gasteiger partial charge in [0.2, 0.25) is 0 Å². The molecule has 1 nitrogen and oxygen atoms in total. The molecule has 2 atom stereocenters. The number of thioether (sulfide) groups is 1. The maximum absolute atomic E-state index is 5.96. The minimum atomic E-state index is 0.489. The van der Waals surface area contributed by atoms with Gasteiger partial charge in [0.25, 0.3) is 0 Å². The van der Waals surface area contributed by atoms with Crippen molar-refractivity contribution in [2.24, 2.45) is 0 Å². The number of rotatable bonds is 3. The number of halogens is 1. The molecule has 96 valence electrons. The molecule has 1 unspecified atom stereocenters. The van der Waals surface area contributed by atoms with Crippen LogP contribution in [0.3, 0.4) is 0 Å². The van der Waals surface area contributed by atoms with Gasteiger partial charge in [-0.05, 0) is 35.6 Å². The number of thiophene rings is 2. The van der Waals surface area contributed by atoms with Crippen LogP contribution in [0.25, 0.3) is 0 Å². The normalized spacial score (nSPS) is 23.0. The van der Waals surface area contributed by atoms with E-state index in [-0.39, 0.29) is 0 Å². The summed E-state index contributed by atoms with van der Waals surface area (Å²) in [6.07, 6.45) is 1.20. The van der Waals surface area contributed by atoms with Gasteiger partial charge in [0, 0.05) is 22.7 Å². The number of hydrogen-bond acceptors (Lipinski definition) is 4. The van der Waals surface area contributed by atoms with Crippen LogP contribution in [0.4, 0.5) is 0 Å². The first kappa shape index (κ1) is 13.0. The van der Waals surface area contributed by atoms with Crippen LogP contribution in [0.5, 0.6) is 0 Å². The molecule has 0 aliphatic carbocycles. The zero-order valence-electron chi connectivity index (χ0n) is 9.98. The van der Waals surface area contributed by atoms with E-state index in [1.54, 1.807) is 11.3 Å². The van der Waals surface area contributed by atoms with Crippen LogP contribution in [0, 0.1) is 0 Å². The van der Waals surface area contributed by atoms with E-state index in [0.717, 1.165) is 10.9 Å². The van der Waals surface area contributed by atoms with Gasteiger partial charge in [-0.15, -0.1) is 34.4 Å². The monoisotopic (exact) mass is 315 g/mol. The van der Waals surface area contributed by atoms with Crippen LogP contribution in [-0.4, -0.2) is 5.25 Å². The lowest BCUT2D eigenvalue weighted by Crippen LogP contribution is -2.25. The minimum Gasteiger partial charge on any atom is -0.305 e. The smallest absolute Gasteiger partial charge is 0.0931 e. The topological polar surface area (TPSA) is 12.0 Å². The second-order valence-electron chi connectivity index (χ2n) is 4.47. The Balaban J connectivity index is 1.70. The quantitative estimate of drug-likeness (QED) is 0.837. The van der Waals surface area contributed by atoms with Crippen molar-refractivity contribution in [2.75, 3.05) is 0 Å². The predicted octanol–water partition coefficient (Wildman–Crippen LogP) is 5.18. The van der Waals surface area contributed by atoms with Gasteiger partial charge in [-0.25, -0.2) is 0 Å². The third-order valence-electron chi connectivity index (χ3n) is 3.06. The molecule has 1 N–H and O–H groups in total. The second-order valence-corrected chi connectivity index (χ2v) is 8.89. The summed E-state index contributed by atoms with van der Waals surface area (Å²) in [6, 6.07) is 6.83.